The summed E-state index contributed by atoms with van der Waals surface area (Å²) in [5, 5.41) is 3.06. The van der Waals surface area contributed by atoms with Crippen LogP contribution >= 0.6 is 0 Å². The third-order valence-electron chi connectivity index (χ3n) is 3.13. The lowest BCUT2D eigenvalue weighted by atomic mass is 10.0. The first-order chi connectivity index (χ1) is 9.20. The topological polar surface area (TPSA) is 49.4 Å². The Labute approximate surface area is 115 Å². The number of hydrogen-bond donors (Lipinski definition) is 1. The molecule has 0 aromatic heterocycles. The summed E-state index contributed by atoms with van der Waals surface area (Å²) < 4.78 is 61.4. The van der Waals surface area contributed by atoms with Crippen molar-refractivity contribution in [1.29, 1.82) is 0 Å². The first kappa shape index (κ1) is 15.1. The quantitative estimate of drug-likeness (QED) is 0.931. The van der Waals surface area contributed by atoms with E-state index in [1.165, 1.54) is 12.1 Å². The van der Waals surface area contributed by atoms with Crippen LogP contribution in [0.2, 0.25) is 0 Å². The minimum atomic E-state index is -4.56. The average molecular weight is 308 g/mol. The number of alkyl halides is 3. The van der Waals surface area contributed by atoms with Crippen molar-refractivity contribution in [3.8, 4) is 0 Å². The molecule has 8 heteroatoms. The third-order valence-corrected chi connectivity index (χ3v) is 4.93. The lowest BCUT2D eigenvalue weighted by Crippen LogP contribution is -2.35. The van der Waals surface area contributed by atoms with Gasteiger partial charge in [-0.3, -0.25) is 0 Å². The number of halogens is 3. The second-order valence-corrected chi connectivity index (χ2v) is 6.77. The lowest BCUT2D eigenvalue weighted by molar-refractivity contribution is -0.134. The molecular formula is C12H15F3N2O2S. The number of nitrogens with one attached hydrogen (secondary N) is 1. The Morgan fingerprint density at radius 3 is 2.70 bits per heavy atom. The third kappa shape index (κ3) is 3.24. The van der Waals surface area contributed by atoms with Crippen molar-refractivity contribution in [3.05, 3.63) is 23.8 Å². The Kier molecular flexibility index (Phi) is 3.97. The van der Waals surface area contributed by atoms with Gasteiger partial charge < -0.3 is 5.32 Å². The van der Waals surface area contributed by atoms with Crippen molar-refractivity contribution in [2.24, 2.45) is 0 Å². The van der Waals surface area contributed by atoms with Gasteiger partial charge in [0, 0.05) is 19.3 Å². The van der Waals surface area contributed by atoms with E-state index in [1.807, 2.05) is 0 Å². The Balaban J connectivity index is 2.30. The second kappa shape index (κ2) is 5.25. The van der Waals surface area contributed by atoms with Crippen LogP contribution in [-0.4, -0.2) is 39.0 Å². The van der Waals surface area contributed by atoms with Gasteiger partial charge in [0.05, 0.1) is 4.90 Å². The molecular weight excluding hydrogens is 293 g/mol. The van der Waals surface area contributed by atoms with Crippen LogP contribution in [0.3, 0.4) is 0 Å². The van der Waals surface area contributed by atoms with E-state index < -0.39 is 22.7 Å². The summed E-state index contributed by atoms with van der Waals surface area (Å²) in [4.78, 5) is -0.127. The molecule has 0 saturated carbocycles. The first-order valence-electron chi connectivity index (χ1n) is 6.10. The number of sulfonamides is 1. The summed E-state index contributed by atoms with van der Waals surface area (Å²) >= 11 is 0. The van der Waals surface area contributed by atoms with Crippen molar-refractivity contribution >= 4 is 15.7 Å². The first-order valence-corrected chi connectivity index (χ1v) is 7.54. The molecule has 0 spiro atoms. The molecule has 1 aromatic carbocycles. The summed E-state index contributed by atoms with van der Waals surface area (Å²) in [7, 11) is -3.21. The van der Waals surface area contributed by atoms with Crippen molar-refractivity contribution in [1.82, 2.24) is 4.31 Å². The number of nitrogens with zero attached hydrogens (tertiary/aromatic N) is 1. The molecule has 0 amide bonds. The number of aryl methyl sites for hydroxylation is 1. The molecule has 1 heterocycles. The number of hydrogen-bond acceptors (Lipinski definition) is 3. The maximum atomic E-state index is 12.3. The number of anilines is 1. The lowest BCUT2D eigenvalue weighted by Gasteiger charge is -2.22. The van der Waals surface area contributed by atoms with Crippen LogP contribution in [0.15, 0.2) is 23.1 Å². The molecule has 0 fully saturated rings. The zero-order valence-electron chi connectivity index (χ0n) is 10.9. The SMILES string of the molecule is CN(CC(F)(F)F)S(=O)(=O)c1ccc2c(c1)NCCC2. The van der Waals surface area contributed by atoms with Crippen LogP contribution in [0.5, 0.6) is 0 Å². The van der Waals surface area contributed by atoms with Gasteiger partial charge in [0.25, 0.3) is 0 Å². The van der Waals surface area contributed by atoms with E-state index in [1.54, 1.807) is 6.07 Å². The smallest absolute Gasteiger partial charge is 0.385 e. The number of benzene rings is 1. The van der Waals surface area contributed by atoms with Gasteiger partial charge in [-0.2, -0.15) is 17.5 Å². The Morgan fingerprint density at radius 1 is 1.35 bits per heavy atom. The average Bonchev–Trinajstić information content (AvgIpc) is 2.36. The molecule has 0 radical (unpaired) electrons. The highest BCUT2D eigenvalue weighted by Crippen LogP contribution is 2.27. The molecule has 0 bridgehead atoms. The van der Waals surface area contributed by atoms with Crippen LogP contribution < -0.4 is 5.32 Å². The van der Waals surface area contributed by atoms with E-state index in [-0.39, 0.29) is 4.90 Å². The molecule has 0 unspecified atom stereocenters. The zero-order chi connectivity index (χ0) is 15.0. The molecule has 1 aromatic rings. The van der Waals surface area contributed by atoms with E-state index in [4.69, 9.17) is 0 Å². The van der Waals surface area contributed by atoms with E-state index in [9.17, 15) is 21.6 Å². The van der Waals surface area contributed by atoms with Crippen molar-refractivity contribution in [2.75, 3.05) is 25.5 Å². The molecule has 0 aliphatic carbocycles. The summed E-state index contributed by atoms with van der Waals surface area (Å²) in [5.41, 5.74) is 1.66. The Morgan fingerprint density at radius 2 is 2.05 bits per heavy atom. The fraction of sp³-hybridized carbons (Fsp3) is 0.500. The zero-order valence-corrected chi connectivity index (χ0v) is 11.7. The molecule has 1 aliphatic rings. The van der Waals surface area contributed by atoms with E-state index in [0.29, 0.717) is 9.99 Å². The van der Waals surface area contributed by atoms with Crippen molar-refractivity contribution in [3.63, 3.8) is 0 Å². The molecule has 4 nitrogen and oxygen atoms in total. The highest BCUT2D eigenvalue weighted by molar-refractivity contribution is 7.89. The van der Waals surface area contributed by atoms with Crippen molar-refractivity contribution in [2.45, 2.75) is 23.9 Å². The number of fused-ring (bicyclic) bond motifs is 1. The van der Waals surface area contributed by atoms with Gasteiger partial charge in [-0.1, -0.05) is 6.07 Å². The summed E-state index contributed by atoms with van der Waals surface area (Å²) in [6.07, 6.45) is -2.78. The highest BCUT2D eigenvalue weighted by atomic mass is 32.2. The van der Waals surface area contributed by atoms with E-state index >= 15 is 0 Å². The molecule has 112 valence electrons. The van der Waals surface area contributed by atoms with Gasteiger partial charge in [-0.25, -0.2) is 8.42 Å². The standard InChI is InChI=1S/C12H15F3N2O2S/c1-17(8-12(13,14)15)20(18,19)10-5-4-9-3-2-6-16-11(9)7-10/h4-5,7,16H,2-3,6,8H2,1H3. The van der Waals surface area contributed by atoms with Crippen molar-refractivity contribution < 1.29 is 21.6 Å². The molecule has 1 aliphatic heterocycles. The van der Waals surface area contributed by atoms with E-state index in [2.05, 4.69) is 5.32 Å². The molecule has 20 heavy (non-hydrogen) atoms. The molecule has 0 atom stereocenters. The normalized spacial score (nSPS) is 15.8. The van der Waals surface area contributed by atoms with Gasteiger partial charge in [0.2, 0.25) is 10.0 Å². The fourth-order valence-corrected chi connectivity index (χ4v) is 3.30. The summed E-state index contributed by atoms with van der Waals surface area (Å²) in [6, 6.07) is 4.40. The number of rotatable bonds is 3. The maximum Gasteiger partial charge on any atom is 0.402 e. The highest BCUT2D eigenvalue weighted by Gasteiger charge is 2.35. The van der Waals surface area contributed by atoms with Gasteiger partial charge in [0.15, 0.2) is 0 Å². The molecule has 1 N–H and O–H groups in total. The van der Waals surface area contributed by atoms with Gasteiger partial charge in [0.1, 0.15) is 6.54 Å². The van der Waals surface area contributed by atoms with Crippen LogP contribution in [0.4, 0.5) is 18.9 Å². The Hall–Kier alpha value is -1.28. The predicted molar refractivity (Wildman–Crippen MR) is 69.1 cm³/mol. The molecule has 2 rings (SSSR count). The summed E-state index contributed by atoms with van der Waals surface area (Å²) in [6.45, 7) is -0.769. The largest absolute Gasteiger partial charge is 0.402 e. The summed E-state index contributed by atoms with van der Waals surface area (Å²) in [5.74, 6) is 0. The Bertz CT molecular complexity index is 599. The predicted octanol–water partition coefficient (Wildman–Crippen LogP) is 2.23. The van der Waals surface area contributed by atoms with Crippen LogP contribution in [0.1, 0.15) is 12.0 Å². The van der Waals surface area contributed by atoms with Gasteiger partial charge in [-0.15, -0.1) is 0 Å². The van der Waals surface area contributed by atoms with E-state index in [0.717, 1.165) is 32.0 Å². The fourth-order valence-electron chi connectivity index (χ4n) is 2.12. The van der Waals surface area contributed by atoms with Crippen LogP contribution in [-0.2, 0) is 16.4 Å². The van der Waals surface area contributed by atoms with Gasteiger partial charge >= 0.3 is 6.18 Å². The monoisotopic (exact) mass is 308 g/mol. The molecule has 0 saturated heterocycles. The minimum absolute atomic E-state index is 0.127. The van der Waals surface area contributed by atoms with Crippen LogP contribution in [0, 0.1) is 0 Å². The maximum absolute atomic E-state index is 12.3. The second-order valence-electron chi connectivity index (χ2n) is 4.73. The van der Waals surface area contributed by atoms with Crippen LogP contribution in [0.25, 0.3) is 0 Å². The minimum Gasteiger partial charge on any atom is -0.385 e. The van der Waals surface area contributed by atoms with Gasteiger partial charge in [-0.05, 0) is 30.5 Å².